The fourth-order valence-corrected chi connectivity index (χ4v) is 5.54. The number of alkyl halides is 5. The molecule has 2 aromatic heterocycles. The van der Waals surface area contributed by atoms with Gasteiger partial charge in [-0.1, -0.05) is 18.2 Å². The third kappa shape index (κ3) is 5.38. The number of pyridine rings is 1. The number of fused-ring (bicyclic) bond motifs is 3. The van der Waals surface area contributed by atoms with E-state index in [0.717, 1.165) is 16.5 Å². The molecule has 1 aromatic carbocycles. The average molecular weight is 524 g/mol. The standard InChI is InChI=1S/C26H30F5N5O/c1-15-9-19-18-5-2-3-6-20(18)34-23(19)25(36(15)14-22(28)29)24-21(37-26(30)31)10-16(11-32-24)33-17-12-35(13-17)8-4-7-27/h2-3,5-6,10-11,15,17,22,25-26,33-34H,4,7-9,12-14H2,1H3/t15-,25+/m1/s1. The molecule has 2 aliphatic rings. The molecule has 2 atom stereocenters. The number of halogens is 5. The van der Waals surface area contributed by atoms with Crippen LogP contribution in [-0.2, 0) is 6.42 Å². The summed E-state index contributed by atoms with van der Waals surface area (Å²) in [7, 11) is 0. The van der Waals surface area contributed by atoms with E-state index >= 15 is 0 Å². The SMILES string of the molecule is C[C@@H]1Cc2c([nH]c3ccccc23)[C@@H](c2ncc(NC3CN(CCCF)C3)cc2OC(F)F)N1CC(F)F. The summed E-state index contributed by atoms with van der Waals surface area (Å²) in [6.45, 7) is -0.0848. The van der Waals surface area contributed by atoms with Crippen LogP contribution in [0.3, 0.4) is 0 Å². The Hall–Kier alpha value is -2.92. The number of hydrogen-bond donors (Lipinski definition) is 2. The van der Waals surface area contributed by atoms with Gasteiger partial charge in [0.05, 0.1) is 37.2 Å². The number of benzene rings is 1. The Bertz CT molecular complexity index is 1220. The number of anilines is 1. The van der Waals surface area contributed by atoms with Gasteiger partial charge in [-0.2, -0.15) is 8.78 Å². The van der Waals surface area contributed by atoms with Crippen LogP contribution in [0.2, 0.25) is 0 Å². The number of nitrogens with one attached hydrogen (secondary N) is 2. The quantitative estimate of drug-likeness (QED) is 0.357. The molecule has 2 aliphatic heterocycles. The molecular weight excluding hydrogens is 493 g/mol. The summed E-state index contributed by atoms with van der Waals surface area (Å²) in [5, 5.41) is 4.23. The first kappa shape index (κ1) is 25.7. The van der Waals surface area contributed by atoms with Crippen LogP contribution < -0.4 is 10.1 Å². The molecule has 37 heavy (non-hydrogen) atoms. The summed E-state index contributed by atoms with van der Waals surface area (Å²) in [6.07, 6.45) is -0.0799. The maximum Gasteiger partial charge on any atom is 0.387 e. The molecule has 0 unspecified atom stereocenters. The lowest BCUT2D eigenvalue weighted by atomic mass is 9.90. The molecule has 0 saturated carbocycles. The van der Waals surface area contributed by atoms with Gasteiger partial charge in [0.1, 0.15) is 5.69 Å². The van der Waals surface area contributed by atoms with Crippen LogP contribution in [0, 0.1) is 0 Å². The largest absolute Gasteiger partial charge is 0.433 e. The van der Waals surface area contributed by atoms with Gasteiger partial charge in [0, 0.05) is 48.3 Å². The highest BCUT2D eigenvalue weighted by molar-refractivity contribution is 5.85. The topological polar surface area (TPSA) is 56.4 Å². The number of aromatic amines is 1. The maximum atomic E-state index is 13.7. The smallest absolute Gasteiger partial charge is 0.387 e. The molecule has 2 N–H and O–H groups in total. The van der Waals surface area contributed by atoms with E-state index < -0.39 is 25.6 Å². The molecule has 0 amide bonds. The lowest BCUT2D eigenvalue weighted by Gasteiger charge is -2.41. The molecule has 6 nitrogen and oxygen atoms in total. The van der Waals surface area contributed by atoms with Gasteiger partial charge in [0.2, 0.25) is 0 Å². The number of likely N-dealkylation sites (tertiary alicyclic amines) is 1. The molecule has 3 aromatic rings. The molecule has 0 radical (unpaired) electrons. The third-order valence-corrected chi connectivity index (χ3v) is 7.16. The summed E-state index contributed by atoms with van der Waals surface area (Å²) >= 11 is 0. The Balaban J connectivity index is 1.50. The molecule has 200 valence electrons. The highest BCUT2D eigenvalue weighted by Gasteiger charge is 2.39. The van der Waals surface area contributed by atoms with Gasteiger partial charge in [-0.15, -0.1) is 0 Å². The van der Waals surface area contributed by atoms with E-state index in [2.05, 4.69) is 20.2 Å². The van der Waals surface area contributed by atoms with Gasteiger partial charge in [0.25, 0.3) is 6.43 Å². The van der Waals surface area contributed by atoms with Crippen LogP contribution >= 0.6 is 0 Å². The van der Waals surface area contributed by atoms with Gasteiger partial charge in [-0.25, -0.2) is 8.78 Å². The first-order chi connectivity index (χ1) is 17.8. The van der Waals surface area contributed by atoms with Crippen LogP contribution in [0.1, 0.15) is 36.3 Å². The molecular formula is C26H30F5N5O. The predicted octanol–water partition coefficient (Wildman–Crippen LogP) is 5.22. The Morgan fingerprint density at radius 1 is 1.19 bits per heavy atom. The minimum atomic E-state index is -3.11. The van der Waals surface area contributed by atoms with Gasteiger partial charge in [-0.05, 0) is 31.4 Å². The molecule has 11 heteroatoms. The number of H-pyrrole nitrogens is 1. The number of rotatable bonds is 10. The van der Waals surface area contributed by atoms with E-state index in [1.54, 1.807) is 4.90 Å². The zero-order valence-corrected chi connectivity index (χ0v) is 20.4. The molecule has 0 bridgehead atoms. The summed E-state index contributed by atoms with van der Waals surface area (Å²) in [5.41, 5.74) is 3.13. The Morgan fingerprint density at radius 2 is 1.97 bits per heavy atom. The number of ether oxygens (including phenoxy) is 1. The Kier molecular flexibility index (Phi) is 7.52. The highest BCUT2D eigenvalue weighted by atomic mass is 19.3. The van der Waals surface area contributed by atoms with Crippen LogP contribution in [0.15, 0.2) is 36.5 Å². The van der Waals surface area contributed by atoms with E-state index in [9.17, 15) is 22.0 Å². The zero-order chi connectivity index (χ0) is 26.1. The van der Waals surface area contributed by atoms with Crippen molar-refractivity contribution in [2.75, 3.05) is 38.2 Å². The van der Waals surface area contributed by atoms with Crippen molar-refractivity contribution in [2.45, 2.75) is 50.9 Å². The van der Waals surface area contributed by atoms with Gasteiger partial charge < -0.3 is 15.0 Å². The molecule has 4 heterocycles. The van der Waals surface area contributed by atoms with Gasteiger partial charge in [0.15, 0.2) is 5.75 Å². The average Bonchev–Trinajstić information content (AvgIpc) is 3.19. The number of para-hydroxylation sites is 1. The lowest BCUT2D eigenvalue weighted by molar-refractivity contribution is -0.0519. The van der Waals surface area contributed by atoms with Crippen molar-refractivity contribution in [1.82, 2.24) is 19.8 Å². The predicted molar refractivity (Wildman–Crippen MR) is 131 cm³/mol. The van der Waals surface area contributed by atoms with E-state index in [0.29, 0.717) is 43.9 Å². The fraction of sp³-hybridized carbons (Fsp3) is 0.500. The van der Waals surface area contributed by atoms with Crippen molar-refractivity contribution < 1.29 is 26.7 Å². The number of nitrogens with zero attached hydrogens (tertiary/aromatic N) is 3. The van der Waals surface area contributed by atoms with E-state index in [1.165, 1.54) is 12.3 Å². The van der Waals surface area contributed by atoms with Crippen LogP contribution in [0.4, 0.5) is 27.6 Å². The highest BCUT2D eigenvalue weighted by Crippen LogP contribution is 2.43. The second kappa shape index (κ2) is 10.8. The van der Waals surface area contributed by atoms with E-state index in [-0.39, 0.29) is 30.2 Å². The zero-order valence-electron chi connectivity index (χ0n) is 20.4. The van der Waals surface area contributed by atoms with Crippen LogP contribution in [0.25, 0.3) is 10.9 Å². The Labute approximate surface area is 211 Å². The van der Waals surface area contributed by atoms with Crippen molar-refractivity contribution in [1.29, 1.82) is 0 Å². The maximum absolute atomic E-state index is 13.7. The first-order valence-corrected chi connectivity index (χ1v) is 12.5. The van der Waals surface area contributed by atoms with Crippen molar-refractivity contribution in [3.05, 3.63) is 53.5 Å². The summed E-state index contributed by atoms with van der Waals surface area (Å²) in [5.74, 6) is -0.156. The molecule has 5 rings (SSSR count). The molecule has 1 saturated heterocycles. The normalized spacial score (nSPS) is 21.0. The lowest BCUT2D eigenvalue weighted by Crippen LogP contribution is -2.54. The first-order valence-electron chi connectivity index (χ1n) is 12.5. The molecule has 0 aliphatic carbocycles. The Morgan fingerprint density at radius 3 is 2.70 bits per heavy atom. The van der Waals surface area contributed by atoms with E-state index in [1.807, 2.05) is 31.2 Å². The third-order valence-electron chi connectivity index (χ3n) is 7.16. The van der Waals surface area contributed by atoms with Crippen LogP contribution in [-0.4, -0.2) is 77.7 Å². The molecule has 1 fully saturated rings. The van der Waals surface area contributed by atoms with Crippen LogP contribution in [0.5, 0.6) is 5.75 Å². The summed E-state index contributed by atoms with van der Waals surface area (Å²) in [4.78, 5) is 11.5. The summed E-state index contributed by atoms with van der Waals surface area (Å²) < 4.78 is 71.7. The molecule has 0 spiro atoms. The minimum absolute atomic E-state index is 0.0667. The number of aromatic nitrogens is 2. The minimum Gasteiger partial charge on any atom is -0.433 e. The van der Waals surface area contributed by atoms with Crippen molar-refractivity contribution in [3.63, 3.8) is 0 Å². The number of hydrogen-bond acceptors (Lipinski definition) is 5. The van der Waals surface area contributed by atoms with E-state index in [4.69, 9.17) is 4.74 Å². The van der Waals surface area contributed by atoms with Gasteiger partial charge in [-0.3, -0.25) is 19.2 Å². The van der Waals surface area contributed by atoms with Crippen molar-refractivity contribution >= 4 is 16.6 Å². The second-order valence-electron chi connectivity index (χ2n) is 9.74. The van der Waals surface area contributed by atoms with Crippen molar-refractivity contribution in [3.8, 4) is 5.75 Å². The summed E-state index contributed by atoms with van der Waals surface area (Å²) in [6, 6.07) is 8.08. The van der Waals surface area contributed by atoms with Crippen molar-refractivity contribution in [2.24, 2.45) is 0 Å². The monoisotopic (exact) mass is 523 g/mol. The second-order valence-corrected chi connectivity index (χ2v) is 9.74. The van der Waals surface area contributed by atoms with Gasteiger partial charge >= 0.3 is 6.61 Å². The fourth-order valence-electron chi connectivity index (χ4n) is 5.54.